The van der Waals surface area contributed by atoms with E-state index in [9.17, 15) is 14.7 Å². The van der Waals surface area contributed by atoms with Crippen molar-refractivity contribution in [2.75, 3.05) is 6.54 Å². The van der Waals surface area contributed by atoms with E-state index >= 15 is 0 Å². The average molecular weight is 220 g/mol. The molecular weight excluding hydrogens is 210 g/mol. The first kappa shape index (κ1) is 11.0. The fourth-order valence-electron chi connectivity index (χ4n) is 0.920. The van der Waals surface area contributed by atoms with E-state index in [1.54, 1.807) is 0 Å². The average Bonchev–Trinajstić information content (AvgIpc) is 2.14. The van der Waals surface area contributed by atoms with Crippen LogP contribution in [-0.2, 0) is 6.54 Å². The Morgan fingerprint density at radius 3 is 2.86 bits per heavy atom. The number of H-pyrrole nitrogens is 1. The van der Waals surface area contributed by atoms with Crippen molar-refractivity contribution in [2.24, 2.45) is 5.73 Å². The van der Waals surface area contributed by atoms with Crippen LogP contribution >= 0.6 is 11.6 Å². The van der Waals surface area contributed by atoms with Crippen LogP contribution in [0.5, 0.6) is 0 Å². The summed E-state index contributed by atoms with van der Waals surface area (Å²) in [5.41, 5.74) is 3.91. The van der Waals surface area contributed by atoms with Crippen molar-refractivity contribution in [3.05, 3.63) is 32.1 Å². The summed E-state index contributed by atoms with van der Waals surface area (Å²) in [6.07, 6.45) is 0.330. The van der Waals surface area contributed by atoms with Gasteiger partial charge in [0.15, 0.2) is 0 Å². The normalized spacial score (nSPS) is 12.8. The molecule has 0 saturated heterocycles. The first-order chi connectivity index (χ1) is 6.54. The van der Waals surface area contributed by atoms with Gasteiger partial charge in [-0.15, -0.1) is 0 Å². The summed E-state index contributed by atoms with van der Waals surface area (Å²) in [6, 6.07) is 0. The summed E-state index contributed by atoms with van der Waals surface area (Å²) in [4.78, 5) is 24.0. The lowest BCUT2D eigenvalue weighted by Gasteiger charge is -2.09. The van der Waals surface area contributed by atoms with Crippen molar-refractivity contribution >= 4 is 11.6 Å². The van der Waals surface area contributed by atoms with Crippen LogP contribution in [0.25, 0.3) is 0 Å². The summed E-state index contributed by atoms with van der Waals surface area (Å²) < 4.78 is 1.10. The molecule has 0 aliphatic rings. The van der Waals surface area contributed by atoms with Crippen molar-refractivity contribution in [1.82, 2.24) is 9.55 Å². The third-order valence-electron chi connectivity index (χ3n) is 1.65. The minimum absolute atomic E-state index is 0.00579. The molecule has 1 rings (SSSR count). The number of aliphatic hydroxyl groups is 1. The van der Waals surface area contributed by atoms with Crippen molar-refractivity contribution in [3.63, 3.8) is 0 Å². The maximum Gasteiger partial charge on any atom is 0.328 e. The Morgan fingerprint density at radius 2 is 2.29 bits per heavy atom. The fraction of sp³-hybridized carbons (Fsp3) is 0.429. The van der Waals surface area contributed by atoms with Crippen molar-refractivity contribution in [3.8, 4) is 0 Å². The Bertz CT molecular complexity index is 425. The molecule has 0 radical (unpaired) electrons. The Balaban J connectivity index is 3.04. The number of aromatic nitrogens is 2. The third kappa shape index (κ3) is 2.44. The monoisotopic (exact) mass is 219 g/mol. The Morgan fingerprint density at radius 1 is 1.64 bits per heavy atom. The van der Waals surface area contributed by atoms with Gasteiger partial charge in [0.1, 0.15) is 5.02 Å². The maximum atomic E-state index is 11.1. The summed E-state index contributed by atoms with van der Waals surface area (Å²) in [5, 5.41) is 9.07. The van der Waals surface area contributed by atoms with E-state index in [-0.39, 0.29) is 18.1 Å². The zero-order valence-electron chi connectivity index (χ0n) is 7.24. The standard InChI is InChI=1S/C7H10ClN3O3/c8-5-3-11(2-4(12)1-9)7(14)10-6(5)13/h3-4,12H,1-2,9H2,(H,10,13,14). The Labute approximate surface area is 83.9 Å². The van der Waals surface area contributed by atoms with Gasteiger partial charge in [-0.05, 0) is 0 Å². The van der Waals surface area contributed by atoms with Crippen LogP contribution in [-0.4, -0.2) is 27.3 Å². The molecule has 0 saturated carbocycles. The molecule has 0 aliphatic heterocycles. The second-order valence-corrected chi connectivity index (χ2v) is 3.19. The summed E-state index contributed by atoms with van der Waals surface area (Å²) in [5.74, 6) is 0. The Hall–Kier alpha value is -1.11. The van der Waals surface area contributed by atoms with Gasteiger partial charge in [-0.25, -0.2) is 4.79 Å². The van der Waals surface area contributed by atoms with E-state index in [0.717, 1.165) is 4.57 Å². The van der Waals surface area contributed by atoms with Crippen LogP contribution in [0.4, 0.5) is 0 Å². The smallest absolute Gasteiger partial charge is 0.328 e. The number of hydrogen-bond donors (Lipinski definition) is 3. The zero-order valence-corrected chi connectivity index (χ0v) is 7.99. The number of hydrogen-bond acceptors (Lipinski definition) is 4. The van der Waals surface area contributed by atoms with Crippen LogP contribution in [0.2, 0.25) is 5.02 Å². The number of aliphatic hydroxyl groups excluding tert-OH is 1. The largest absolute Gasteiger partial charge is 0.390 e. The van der Waals surface area contributed by atoms with Gasteiger partial charge in [0.25, 0.3) is 5.56 Å². The molecular formula is C7H10ClN3O3. The van der Waals surface area contributed by atoms with Gasteiger partial charge < -0.3 is 10.8 Å². The SMILES string of the molecule is NCC(O)Cn1cc(Cl)c(=O)[nH]c1=O. The fourth-order valence-corrected chi connectivity index (χ4v) is 1.08. The molecule has 6 nitrogen and oxygen atoms in total. The number of nitrogens with one attached hydrogen (secondary N) is 1. The lowest BCUT2D eigenvalue weighted by atomic mass is 10.3. The summed E-state index contributed by atoms with van der Waals surface area (Å²) in [6.45, 7) is 0.0367. The highest BCUT2D eigenvalue weighted by molar-refractivity contribution is 6.30. The molecule has 4 N–H and O–H groups in total. The molecule has 1 aromatic heterocycles. The summed E-state index contributed by atoms with van der Waals surface area (Å²) >= 11 is 5.50. The topological polar surface area (TPSA) is 101 Å². The van der Waals surface area contributed by atoms with Gasteiger partial charge in [-0.3, -0.25) is 14.3 Å². The lowest BCUT2D eigenvalue weighted by molar-refractivity contribution is 0.160. The van der Waals surface area contributed by atoms with E-state index in [4.69, 9.17) is 17.3 Å². The van der Waals surface area contributed by atoms with E-state index in [1.165, 1.54) is 6.20 Å². The van der Waals surface area contributed by atoms with Crippen LogP contribution < -0.4 is 17.0 Å². The molecule has 0 amide bonds. The maximum absolute atomic E-state index is 11.1. The van der Waals surface area contributed by atoms with Crippen molar-refractivity contribution < 1.29 is 5.11 Å². The van der Waals surface area contributed by atoms with Crippen LogP contribution in [0, 0.1) is 0 Å². The Kier molecular flexibility index (Phi) is 3.45. The van der Waals surface area contributed by atoms with Gasteiger partial charge in [-0.1, -0.05) is 11.6 Å². The lowest BCUT2D eigenvalue weighted by Crippen LogP contribution is -2.35. The predicted octanol–water partition coefficient (Wildman–Crippen LogP) is -1.49. The molecule has 1 heterocycles. The molecule has 1 unspecified atom stereocenters. The molecule has 0 aromatic carbocycles. The zero-order chi connectivity index (χ0) is 10.7. The van der Waals surface area contributed by atoms with Gasteiger partial charge in [-0.2, -0.15) is 0 Å². The second kappa shape index (κ2) is 4.41. The number of aromatic amines is 1. The second-order valence-electron chi connectivity index (χ2n) is 2.78. The van der Waals surface area contributed by atoms with Gasteiger partial charge >= 0.3 is 5.69 Å². The molecule has 0 fully saturated rings. The predicted molar refractivity (Wildman–Crippen MR) is 51.4 cm³/mol. The first-order valence-corrected chi connectivity index (χ1v) is 4.29. The summed E-state index contributed by atoms with van der Waals surface area (Å²) in [7, 11) is 0. The van der Waals surface area contributed by atoms with Crippen LogP contribution in [0.15, 0.2) is 15.8 Å². The number of nitrogens with two attached hydrogens (primary N) is 1. The minimum atomic E-state index is -0.838. The molecule has 7 heteroatoms. The van der Waals surface area contributed by atoms with Crippen LogP contribution in [0.3, 0.4) is 0 Å². The third-order valence-corrected chi connectivity index (χ3v) is 1.92. The van der Waals surface area contributed by atoms with Crippen LogP contribution in [0.1, 0.15) is 0 Å². The number of rotatable bonds is 3. The molecule has 0 bridgehead atoms. The highest BCUT2D eigenvalue weighted by Crippen LogP contribution is 1.96. The van der Waals surface area contributed by atoms with E-state index < -0.39 is 17.4 Å². The minimum Gasteiger partial charge on any atom is -0.390 e. The molecule has 0 spiro atoms. The van der Waals surface area contributed by atoms with Gasteiger partial charge in [0.2, 0.25) is 0 Å². The molecule has 1 atom stereocenters. The van der Waals surface area contributed by atoms with E-state index in [0.29, 0.717) is 0 Å². The van der Waals surface area contributed by atoms with E-state index in [2.05, 4.69) is 0 Å². The highest BCUT2D eigenvalue weighted by Gasteiger charge is 2.06. The molecule has 14 heavy (non-hydrogen) atoms. The molecule has 1 aromatic rings. The molecule has 0 aliphatic carbocycles. The van der Waals surface area contributed by atoms with Crippen molar-refractivity contribution in [2.45, 2.75) is 12.6 Å². The molecule has 78 valence electrons. The highest BCUT2D eigenvalue weighted by atomic mass is 35.5. The number of nitrogens with zero attached hydrogens (tertiary/aromatic N) is 1. The van der Waals surface area contributed by atoms with Crippen molar-refractivity contribution in [1.29, 1.82) is 0 Å². The first-order valence-electron chi connectivity index (χ1n) is 3.92. The van der Waals surface area contributed by atoms with Gasteiger partial charge in [0.05, 0.1) is 12.6 Å². The number of halogens is 1. The quantitative estimate of drug-likeness (QED) is 0.577. The van der Waals surface area contributed by atoms with Gasteiger partial charge in [0, 0.05) is 12.7 Å². The van der Waals surface area contributed by atoms with E-state index in [1.807, 2.05) is 4.98 Å².